The van der Waals surface area contributed by atoms with E-state index in [0.717, 1.165) is 5.32 Å². The molecule has 15 heavy (non-hydrogen) atoms. The van der Waals surface area contributed by atoms with Crippen molar-refractivity contribution in [3.05, 3.63) is 0 Å². The molecule has 0 rings (SSSR count). The summed E-state index contributed by atoms with van der Waals surface area (Å²) in [6.07, 6.45) is 0.537. The van der Waals surface area contributed by atoms with Crippen molar-refractivity contribution in [2.24, 2.45) is 11.5 Å². The first-order valence-electron chi connectivity index (χ1n) is 4.05. The van der Waals surface area contributed by atoms with Crippen LogP contribution >= 0.6 is 0 Å². The van der Waals surface area contributed by atoms with Gasteiger partial charge in [-0.05, 0) is 0 Å². The summed E-state index contributed by atoms with van der Waals surface area (Å²) in [5.41, 5.74) is 10.1. The SMILES string of the molecule is N[C@@H](CC[SeH])C(=O)O.N[C@@H](C[SeH])C(=O)O. The average Bonchev–Trinajstić information content (AvgIpc) is 2.17. The van der Waals surface area contributed by atoms with Gasteiger partial charge in [0.1, 0.15) is 0 Å². The van der Waals surface area contributed by atoms with Gasteiger partial charge in [0.15, 0.2) is 0 Å². The van der Waals surface area contributed by atoms with Gasteiger partial charge >= 0.3 is 104 Å². The van der Waals surface area contributed by atoms with E-state index in [1.54, 1.807) is 0 Å². The molecule has 0 aliphatic heterocycles. The summed E-state index contributed by atoms with van der Waals surface area (Å²) in [7, 11) is 0. The Hall–Kier alpha value is -0.101. The van der Waals surface area contributed by atoms with Gasteiger partial charge < -0.3 is 0 Å². The summed E-state index contributed by atoms with van der Waals surface area (Å²) in [5, 5.41) is 17.4. The summed E-state index contributed by atoms with van der Waals surface area (Å²) in [4.78, 5) is 19.8. The van der Waals surface area contributed by atoms with Crippen molar-refractivity contribution < 1.29 is 19.8 Å². The van der Waals surface area contributed by atoms with E-state index < -0.39 is 24.0 Å². The number of carbonyl (C=O) groups is 2. The Bertz CT molecular complexity index is 203. The van der Waals surface area contributed by atoms with Crippen LogP contribution in [0.3, 0.4) is 0 Å². The fourth-order valence-electron chi connectivity index (χ4n) is 0.341. The number of hydrogen-bond acceptors (Lipinski definition) is 4. The van der Waals surface area contributed by atoms with Crippen LogP contribution in [0.1, 0.15) is 6.42 Å². The van der Waals surface area contributed by atoms with Crippen molar-refractivity contribution in [2.75, 3.05) is 0 Å². The molecule has 0 spiro atoms. The standard InChI is InChI=1S/C4H9NO2Se.C3H7NO2Se/c5-3(1-2-8)4(6)7;4-2(1-7)3(5)6/h3,8H,1-2,5H2,(H,6,7);2,7H,1,4H2,(H,5,6)/t3-;2-/m00/s1. The zero-order chi connectivity index (χ0) is 12.4. The predicted molar refractivity (Wildman–Crippen MR) is 59.8 cm³/mol. The van der Waals surface area contributed by atoms with Gasteiger partial charge in [0.25, 0.3) is 0 Å². The number of carboxylic acid groups (broad SMARTS) is 2. The molecule has 6 N–H and O–H groups in total. The van der Waals surface area contributed by atoms with Crippen molar-refractivity contribution >= 4 is 44.0 Å². The van der Waals surface area contributed by atoms with Crippen LogP contribution in [0.2, 0.25) is 10.6 Å². The first-order chi connectivity index (χ1) is 6.86. The molecule has 90 valence electrons. The Balaban J connectivity index is 0. The molecule has 0 amide bonds. The van der Waals surface area contributed by atoms with Crippen LogP contribution in [-0.4, -0.2) is 66.3 Å². The van der Waals surface area contributed by atoms with Gasteiger partial charge in [-0.3, -0.25) is 0 Å². The van der Waals surface area contributed by atoms with Gasteiger partial charge in [-0.15, -0.1) is 0 Å². The van der Waals surface area contributed by atoms with Crippen LogP contribution < -0.4 is 11.5 Å². The van der Waals surface area contributed by atoms with Crippen molar-refractivity contribution in [2.45, 2.75) is 29.1 Å². The Kier molecular flexibility index (Phi) is 12.0. The molecule has 0 aliphatic carbocycles. The third-order valence-corrected chi connectivity index (χ3v) is 2.64. The zero-order valence-corrected chi connectivity index (χ0v) is 11.8. The van der Waals surface area contributed by atoms with E-state index in [-0.39, 0.29) is 0 Å². The number of carboxylic acids is 2. The average molecular weight is 350 g/mol. The molecular weight excluding hydrogens is 334 g/mol. The maximum atomic E-state index is 9.96. The molecule has 0 aromatic rings. The molecule has 0 aromatic heterocycles. The second kappa shape index (κ2) is 10.4. The van der Waals surface area contributed by atoms with Crippen LogP contribution in [0.5, 0.6) is 0 Å². The van der Waals surface area contributed by atoms with Gasteiger partial charge in [0.2, 0.25) is 0 Å². The number of rotatable bonds is 5. The second-order valence-electron chi connectivity index (χ2n) is 2.58. The molecule has 2 atom stereocenters. The maximum absolute atomic E-state index is 9.96. The van der Waals surface area contributed by atoms with Crippen molar-refractivity contribution in [1.29, 1.82) is 0 Å². The van der Waals surface area contributed by atoms with Crippen LogP contribution in [-0.2, 0) is 9.59 Å². The molecule has 0 saturated carbocycles. The van der Waals surface area contributed by atoms with Gasteiger partial charge in [0, 0.05) is 0 Å². The van der Waals surface area contributed by atoms with Crippen molar-refractivity contribution in [3.63, 3.8) is 0 Å². The molecule has 0 bridgehead atoms. The quantitative estimate of drug-likeness (QED) is 0.418. The van der Waals surface area contributed by atoms with Gasteiger partial charge in [0.05, 0.1) is 0 Å². The minimum absolute atomic E-state index is 0.433. The van der Waals surface area contributed by atoms with Crippen molar-refractivity contribution in [1.82, 2.24) is 0 Å². The first kappa shape index (κ1) is 17.3. The summed E-state index contributed by atoms with van der Waals surface area (Å²) >= 11 is 4.42. The van der Waals surface area contributed by atoms with Crippen LogP contribution in [0, 0.1) is 0 Å². The number of aliphatic carboxylic acids is 2. The van der Waals surface area contributed by atoms with Gasteiger partial charge in [-0.1, -0.05) is 0 Å². The van der Waals surface area contributed by atoms with E-state index in [0.29, 0.717) is 11.7 Å². The Morgan fingerprint density at radius 3 is 1.53 bits per heavy atom. The number of nitrogens with two attached hydrogens (primary N) is 2. The molecule has 0 heterocycles. The molecule has 0 fully saturated rings. The van der Waals surface area contributed by atoms with Crippen LogP contribution in [0.15, 0.2) is 0 Å². The second-order valence-corrected chi connectivity index (χ2v) is 4.29. The Labute approximate surface area is 104 Å². The Morgan fingerprint density at radius 2 is 1.47 bits per heavy atom. The van der Waals surface area contributed by atoms with Gasteiger partial charge in [-0.2, -0.15) is 0 Å². The van der Waals surface area contributed by atoms with Crippen molar-refractivity contribution in [3.8, 4) is 0 Å². The molecule has 0 unspecified atom stereocenters. The molecule has 0 radical (unpaired) electrons. The van der Waals surface area contributed by atoms with E-state index in [4.69, 9.17) is 21.7 Å². The predicted octanol–water partition coefficient (Wildman–Crippen LogP) is -2.18. The fraction of sp³-hybridized carbons (Fsp3) is 0.714. The fourth-order valence-corrected chi connectivity index (χ4v) is 1.25. The van der Waals surface area contributed by atoms with E-state index in [2.05, 4.69) is 32.0 Å². The van der Waals surface area contributed by atoms with E-state index in [1.165, 1.54) is 0 Å². The monoisotopic (exact) mass is 352 g/mol. The Morgan fingerprint density at radius 1 is 1.07 bits per heavy atom. The molecule has 6 nitrogen and oxygen atoms in total. The zero-order valence-electron chi connectivity index (χ0n) is 8.04. The normalized spacial score (nSPS) is 13.3. The van der Waals surface area contributed by atoms with E-state index in [9.17, 15) is 9.59 Å². The van der Waals surface area contributed by atoms with E-state index >= 15 is 0 Å². The first-order valence-corrected chi connectivity index (χ1v) is 6.70. The summed E-state index contributed by atoms with van der Waals surface area (Å²) in [6.45, 7) is 0. The van der Waals surface area contributed by atoms with Crippen LogP contribution in [0.25, 0.3) is 0 Å². The topological polar surface area (TPSA) is 127 Å². The molecular formula is C7H16N2O4Se2. The third kappa shape index (κ3) is 11.8. The summed E-state index contributed by atoms with van der Waals surface area (Å²) in [6, 6.07) is -1.39. The van der Waals surface area contributed by atoms with Crippen LogP contribution in [0.4, 0.5) is 0 Å². The third-order valence-electron chi connectivity index (χ3n) is 1.27. The minimum atomic E-state index is -0.944. The molecule has 0 saturated heterocycles. The number of hydrogen-bond donors (Lipinski definition) is 4. The van der Waals surface area contributed by atoms with Gasteiger partial charge in [-0.25, -0.2) is 0 Å². The van der Waals surface area contributed by atoms with E-state index in [1.807, 2.05) is 0 Å². The molecule has 0 aliphatic rings. The molecule has 0 aromatic carbocycles. The summed E-state index contributed by atoms with van der Waals surface area (Å²) in [5.74, 6) is -1.86. The summed E-state index contributed by atoms with van der Waals surface area (Å²) < 4.78 is 0. The molecule has 8 heteroatoms.